The van der Waals surface area contributed by atoms with Crippen LogP contribution in [0.5, 0.6) is 0 Å². The monoisotopic (exact) mass is 268 g/mol. The second-order valence-corrected chi connectivity index (χ2v) is 7.22. The number of hydrogen-bond acceptors (Lipinski definition) is 2. The van der Waals surface area contributed by atoms with Crippen LogP contribution >= 0.6 is 0 Å². The van der Waals surface area contributed by atoms with E-state index in [0.29, 0.717) is 17.5 Å². The average Bonchev–Trinajstić information content (AvgIpc) is 2.38. The van der Waals surface area contributed by atoms with Gasteiger partial charge in [-0.3, -0.25) is 4.90 Å². The van der Waals surface area contributed by atoms with E-state index in [2.05, 4.69) is 51.9 Å². The minimum absolute atomic E-state index is 0.510. The summed E-state index contributed by atoms with van der Waals surface area (Å²) in [6.45, 7) is 13.2. The number of likely N-dealkylation sites (N-methyl/N-ethyl adjacent to an activating group) is 1. The standard InChI is InChI=1S/C17H36N2/c1-7-9-12-19(14(3)8-2)16-13-17(4,5)11-10-15(16)18-6/h14-16,18H,7-13H2,1-6H3. The molecule has 3 unspecified atom stereocenters. The van der Waals surface area contributed by atoms with Gasteiger partial charge in [0.1, 0.15) is 0 Å². The molecule has 1 N–H and O–H groups in total. The Morgan fingerprint density at radius 2 is 2.00 bits per heavy atom. The SMILES string of the molecule is CCCCN(C(C)CC)C1CC(C)(C)CCC1NC. The molecule has 0 amide bonds. The topological polar surface area (TPSA) is 15.3 Å². The van der Waals surface area contributed by atoms with E-state index in [9.17, 15) is 0 Å². The van der Waals surface area contributed by atoms with E-state index in [0.717, 1.165) is 6.04 Å². The number of rotatable bonds is 7. The number of nitrogens with one attached hydrogen (secondary N) is 1. The first-order valence-electron chi connectivity index (χ1n) is 8.38. The van der Waals surface area contributed by atoms with Crippen molar-refractivity contribution in [2.75, 3.05) is 13.6 Å². The molecule has 0 aromatic carbocycles. The van der Waals surface area contributed by atoms with Crippen LogP contribution in [0, 0.1) is 5.41 Å². The molecule has 1 rings (SSSR count). The lowest BCUT2D eigenvalue weighted by atomic mass is 9.72. The highest BCUT2D eigenvalue weighted by Crippen LogP contribution is 2.38. The molecule has 1 aliphatic carbocycles. The largest absolute Gasteiger partial charge is 0.315 e. The number of hydrogen-bond donors (Lipinski definition) is 1. The highest BCUT2D eigenvalue weighted by molar-refractivity contribution is 4.95. The fraction of sp³-hybridized carbons (Fsp3) is 1.00. The molecule has 0 aromatic heterocycles. The molecule has 0 aliphatic heterocycles. The summed E-state index contributed by atoms with van der Waals surface area (Å²) in [5.41, 5.74) is 0.510. The van der Waals surface area contributed by atoms with E-state index in [-0.39, 0.29) is 0 Å². The highest BCUT2D eigenvalue weighted by Gasteiger charge is 2.38. The van der Waals surface area contributed by atoms with Crippen molar-refractivity contribution >= 4 is 0 Å². The quantitative estimate of drug-likeness (QED) is 0.749. The van der Waals surface area contributed by atoms with E-state index in [1.54, 1.807) is 0 Å². The van der Waals surface area contributed by atoms with Crippen LogP contribution in [0.3, 0.4) is 0 Å². The molecular weight excluding hydrogens is 232 g/mol. The maximum Gasteiger partial charge on any atom is 0.0257 e. The summed E-state index contributed by atoms with van der Waals surface area (Å²) in [4.78, 5) is 2.80. The number of unbranched alkanes of at least 4 members (excludes halogenated alkanes) is 1. The Morgan fingerprint density at radius 3 is 2.53 bits per heavy atom. The maximum atomic E-state index is 3.59. The van der Waals surface area contributed by atoms with Gasteiger partial charge >= 0.3 is 0 Å². The molecule has 1 fully saturated rings. The normalized spacial score (nSPS) is 28.6. The molecule has 0 saturated heterocycles. The van der Waals surface area contributed by atoms with Crippen LogP contribution in [0.25, 0.3) is 0 Å². The van der Waals surface area contributed by atoms with Crippen molar-refractivity contribution in [3.63, 3.8) is 0 Å². The molecule has 0 spiro atoms. The van der Waals surface area contributed by atoms with Gasteiger partial charge in [-0.05, 0) is 58.0 Å². The summed E-state index contributed by atoms with van der Waals surface area (Å²) < 4.78 is 0. The zero-order valence-corrected chi connectivity index (χ0v) is 14.1. The molecule has 2 heteroatoms. The fourth-order valence-corrected chi connectivity index (χ4v) is 3.52. The minimum Gasteiger partial charge on any atom is -0.315 e. The second kappa shape index (κ2) is 7.64. The summed E-state index contributed by atoms with van der Waals surface area (Å²) in [7, 11) is 2.14. The summed E-state index contributed by atoms with van der Waals surface area (Å²) >= 11 is 0. The molecule has 0 radical (unpaired) electrons. The van der Waals surface area contributed by atoms with Crippen LogP contribution in [0.15, 0.2) is 0 Å². The third-order valence-corrected chi connectivity index (χ3v) is 5.08. The summed E-state index contributed by atoms with van der Waals surface area (Å²) in [5, 5.41) is 3.59. The molecule has 19 heavy (non-hydrogen) atoms. The summed E-state index contributed by atoms with van der Waals surface area (Å²) in [6.07, 6.45) is 7.92. The number of nitrogens with zero attached hydrogens (tertiary/aromatic N) is 1. The van der Waals surface area contributed by atoms with Gasteiger partial charge in [0.25, 0.3) is 0 Å². The molecule has 1 aliphatic rings. The Hall–Kier alpha value is -0.0800. The van der Waals surface area contributed by atoms with Crippen LogP contribution in [0.2, 0.25) is 0 Å². The molecule has 3 atom stereocenters. The van der Waals surface area contributed by atoms with E-state index in [4.69, 9.17) is 0 Å². The third kappa shape index (κ3) is 4.75. The average molecular weight is 268 g/mol. The van der Waals surface area contributed by atoms with Gasteiger partial charge in [-0.25, -0.2) is 0 Å². The Bertz CT molecular complexity index is 250. The maximum absolute atomic E-state index is 3.59. The minimum atomic E-state index is 0.510. The molecule has 1 saturated carbocycles. The molecule has 0 bridgehead atoms. The van der Waals surface area contributed by atoms with E-state index in [1.165, 1.54) is 45.1 Å². The van der Waals surface area contributed by atoms with Gasteiger partial charge in [-0.2, -0.15) is 0 Å². The van der Waals surface area contributed by atoms with Gasteiger partial charge in [-0.15, -0.1) is 0 Å². The van der Waals surface area contributed by atoms with Crippen molar-refractivity contribution < 1.29 is 0 Å². The van der Waals surface area contributed by atoms with E-state index >= 15 is 0 Å². The molecule has 0 heterocycles. The first kappa shape index (κ1) is 17.0. The fourth-order valence-electron chi connectivity index (χ4n) is 3.52. The first-order valence-corrected chi connectivity index (χ1v) is 8.38. The summed E-state index contributed by atoms with van der Waals surface area (Å²) in [5.74, 6) is 0. The molecule has 114 valence electrons. The first-order chi connectivity index (χ1) is 8.95. The van der Waals surface area contributed by atoms with Crippen LogP contribution in [0.4, 0.5) is 0 Å². The van der Waals surface area contributed by atoms with E-state index in [1.807, 2.05) is 0 Å². The Morgan fingerprint density at radius 1 is 1.32 bits per heavy atom. The Kier molecular flexibility index (Phi) is 6.82. The van der Waals surface area contributed by atoms with Gasteiger partial charge in [-0.1, -0.05) is 34.1 Å². The van der Waals surface area contributed by atoms with E-state index < -0.39 is 0 Å². The van der Waals surface area contributed by atoms with Crippen molar-refractivity contribution in [3.8, 4) is 0 Å². The zero-order valence-electron chi connectivity index (χ0n) is 14.1. The smallest absolute Gasteiger partial charge is 0.0257 e. The molecule has 0 aromatic rings. The molecular formula is C17H36N2. The van der Waals surface area contributed by atoms with Crippen molar-refractivity contribution in [1.29, 1.82) is 0 Å². The van der Waals surface area contributed by atoms with Crippen LogP contribution in [-0.2, 0) is 0 Å². The van der Waals surface area contributed by atoms with Crippen molar-refractivity contribution in [3.05, 3.63) is 0 Å². The second-order valence-electron chi connectivity index (χ2n) is 7.22. The van der Waals surface area contributed by atoms with Crippen molar-refractivity contribution in [2.45, 2.75) is 91.3 Å². The van der Waals surface area contributed by atoms with Crippen molar-refractivity contribution in [2.24, 2.45) is 5.41 Å². The predicted molar refractivity (Wildman–Crippen MR) is 85.6 cm³/mol. The van der Waals surface area contributed by atoms with Crippen LogP contribution in [-0.4, -0.2) is 36.6 Å². The zero-order chi connectivity index (χ0) is 14.5. The van der Waals surface area contributed by atoms with Crippen LogP contribution < -0.4 is 5.32 Å². The van der Waals surface area contributed by atoms with Gasteiger partial charge < -0.3 is 5.32 Å². The lowest BCUT2D eigenvalue weighted by molar-refractivity contribution is 0.0402. The molecule has 2 nitrogen and oxygen atoms in total. The predicted octanol–water partition coefficient (Wildman–Crippen LogP) is 4.05. The van der Waals surface area contributed by atoms with Crippen LogP contribution in [0.1, 0.15) is 73.1 Å². The van der Waals surface area contributed by atoms with Gasteiger partial charge in [0, 0.05) is 18.1 Å². The lowest BCUT2D eigenvalue weighted by Crippen LogP contribution is -2.56. The third-order valence-electron chi connectivity index (χ3n) is 5.08. The summed E-state index contributed by atoms with van der Waals surface area (Å²) in [6, 6.07) is 2.11. The lowest BCUT2D eigenvalue weighted by Gasteiger charge is -2.48. The Balaban J connectivity index is 2.81. The van der Waals surface area contributed by atoms with Gasteiger partial charge in [0.15, 0.2) is 0 Å². The highest BCUT2D eigenvalue weighted by atomic mass is 15.2. The van der Waals surface area contributed by atoms with Gasteiger partial charge in [0.05, 0.1) is 0 Å². The van der Waals surface area contributed by atoms with Gasteiger partial charge in [0.2, 0.25) is 0 Å². The Labute approximate surface area is 121 Å². The van der Waals surface area contributed by atoms with Crippen molar-refractivity contribution in [1.82, 2.24) is 10.2 Å².